The second-order valence-electron chi connectivity index (χ2n) is 29.3. The Balaban J connectivity index is 1.31. The van der Waals surface area contributed by atoms with Crippen molar-refractivity contribution >= 4 is 82.5 Å². The van der Waals surface area contributed by atoms with Crippen LogP contribution in [0.5, 0.6) is 0 Å². The number of hydrogen-bond donors (Lipinski definition) is 3. The Bertz CT molecular complexity index is 3380. The molecule has 7 rings (SSSR count). The summed E-state index contributed by atoms with van der Waals surface area (Å²) in [6, 6.07) is -0.817. The van der Waals surface area contributed by atoms with Crippen LogP contribution >= 0.6 is 11.6 Å². The molecule has 5 aliphatic rings. The second-order valence-corrected chi connectivity index (χ2v) is 29.7. The molecule has 2 aliphatic carbocycles. The fraction of sp³-hybridized carbons (Fsp3) is 0.671. The molecule has 2 aromatic carbocycles. The molecule has 5 fully saturated rings. The molecule has 3 saturated heterocycles. The van der Waals surface area contributed by atoms with E-state index in [1.54, 1.807) is 26.0 Å². The molecule has 3 heterocycles. The van der Waals surface area contributed by atoms with Crippen LogP contribution in [0.25, 0.3) is 0 Å². The minimum atomic E-state index is -4.77. The lowest BCUT2D eigenvalue weighted by Crippen LogP contribution is -2.65. The molecule has 0 unspecified atom stereocenters. The number of hydrogen-bond acceptors (Lipinski definition) is 12. The molecule has 0 radical (unpaired) electrons. The number of alkyl halides is 3. The van der Waals surface area contributed by atoms with E-state index in [2.05, 4.69) is 16.0 Å². The third-order valence-corrected chi connectivity index (χ3v) is 21.9. The van der Waals surface area contributed by atoms with Crippen molar-refractivity contribution in [3.05, 3.63) is 69.7 Å². The van der Waals surface area contributed by atoms with E-state index in [1.807, 2.05) is 39.8 Å². The highest BCUT2D eigenvalue weighted by Crippen LogP contribution is 2.39. The molecule has 28 heteroatoms. The normalized spacial score (nSPS) is 26.5. The quantitative estimate of drug-likeness (QED) is 0.234. The maximum atomic E-state index is 15.6. The molecule has 558 valence electrons. The van der Waals surface area contributed by atoms with Crippen molar-refractivity contribution in [2.75, 3.05) is 75.5 Å². The number of aryl methyl sites for hydroxylation is 2. The molecule has 0 aromatic heterocycles. The number of nitrogens with one attached hydrogen (secondary N) is 3. The summed E-state index contributed by atoms with van der Waals surface area (Å²) >= 11 is 6.17. The first-order valence-corrected chi connectivity index (χ1v) is 36.1. The average Bonchev–Trinajstić information content (AvgIpc) is 1.75. The number of nitrogens with zero attached hydrogens (tertiary/aromatic N) is 9. The average molecular weight is 1440 g/mol. The molecule has 12 amide bonds. The minimum Gasteiger partial charge on any atom is -0.347 e. The lowest BCUT2D eigenvalue weighted by molar-refractivity contribution is -0.161. The van der Waals surface area contributed by atoms with Crippen molar-refractivity contribution in [1.29, 1.82) is 0 Å². The molecule has 2 saturated carbocycles. The largest absolute Gasteiger partial charge is 0.417 e. The van der Waals surface area contributed by atoms with Crippen LogP contribution in [0, 0.1) is 24.7 Å². The Morgan fingerprint density at radius 3 is 1.87 bits per heavy atom. The summed E-state index contributed by atoms with van der Waals surface area (Å²) in [5, 5.41) is 8.15. The first-order chi connectivity index (χ1) is 47.5. The zero-order valence-electron chi connectivity index (χ0n) is 61.3. The van der Waals surface area contributed by atoms with Gasteiger partial charge in [-0.15, -0.1) is 0 Å². The van der Waals surface area contributed by atoms with E-state index in [0.29, 0.717) is 44.1 Å². The number of halogens is 4. The molecule has 0 bridgehead atoms. The smallest absolute Gasteiger partial charge is 0.347 e. The van der Waals surface area contributed by atoms with Crippen LogP contribution in [0.15, 0.2) is 42.5 Å². The van der Waals surface area contributed by atoms with Crippen molar-refractivity contribution in [2.24, 2.45) is 17.8 Å². The molecular weight excluding hydrogens is 1330 g/mol. The predicted molar refractivity (Wildman–Crippen MR) is 373 cm³/mol. The van der Waals surface area contributed by atoms with Crippen LogP contribution in [0.4, 0.5) is 13.2 Å². The number of amides is 12. The van der Waals surface area contributed by atoms with Gasteiger partial charge >= 0.3 is 6.18 Å². The lowest BCUT2D eigenvalue weighted by atomic mass is 9.90. The van der Waals surface area contributed by atoms with Crippen molar-refractivity contribution in [3.63, 3.8) is 0 Å². The van der Waals surface area contributed by atoms with Crippen LogP contribution in [0.1, 0.15) is 160 Å². The zero-order chi connectivity index (χ0) is 74.9. The number of carbonyl (C=O) groups excluding carboxylic acids is 12. The Hall–Kier alpha value is -7.84. The molecule has 3 aliphatic heterocycles. The Kier molecular flexibility index (Phi) is 27.4. The van der Waals surface area contributed by atoms with Crippen molar-refractivity contribution in [1.82, 2.24) is 60.0 Å². The second kappa shape index (κ2) is 34.4. The summed E-state index contributed by atoms with van der Waals surface area (Å²) in [7, 11) is 10.0. The van der Waals surface area contributed by atoms with E-state index >= 15 is 28.8 Å². The third-order valence-electron chi connectivity index (χ3n) is 21.6. The number of carbonyl (C=O) groups is 12. The maximum Gasteiger partial charge on any atom is 0.417 e. The van der Waals surface area contributed by atoms with Crippen LogP contribution in [-0.2, 0) is 76.6 Å². The van der Waals surface area contributed by atoms with Gasteiger partial charge in [-0.05, 0) is 126 Å². The third kappa shape index (κ3) is 18.7. The minimum absolute atomic E-state index is 0.0218. The molecule has 2 aromatic rings. The molecule has 101 heavy (non-hydrogen) atoms. The summed E-state index contributed by atoms with van der Waals surface area (Å²) in [6.07, 6.45) is -0.701. The zero-order valence-corrected chi connectivity index (χ0v) is 62.0. The molecular formula is C73H106ClF3N12O12. The van der Waals surface area contributed by atoms with E-state index in [-0.39, 0.29) is 82.5 Å². The van der Waals surface area contributed by atoms with E-state index < -0.39 is 172 Å². The van der Waals surface area contributed by atoms with Crippen molar-refractivity contribution < 1.29 is 70.7 Å². The van der Waals surface area contributed by atoms with E-state index in [1.165, 1.54) is 102 Å². The van der Waals surface area contributed by atoms with Gasteiger partial charge in [-0.1, -0.05) is 107 Å². The van der Waals surface area contributed by atoms with Crippen LogP contribution in [-0.4, -0.2) is 250 Å². The summed E-state index contributed by atoms with van der Waals surface area (Å²) in [5.74, 6) is -9.05. The van der Waals surface area contributed by atoms with Gasteiger partial charge in [0.05, 0.1) is 23.6 Å². The van der Waals surface area contributed by atoms with Gasteiger partial charge in [-0.3, -0.25) is 57.5 Å². The fourth-order valence-corrected chi connectivity index (χ4v) is 15.3. The number of fused-ring (bicyclic) bond motifs is 2. The standard InChI is InChI=1S/C73H106ClF3N12O12/c1-15-45(6)60-69(99)83(11)46(7)64(94)89-37-33-54(89)68(98)87(16-2)57(40-48-27-25-44(5)26-28-48)67(97)82(10)42-58(90)78-52(32-30-47-29-31-50(51(74)39-47)73(75,76)77)65(95)88-36-21-24-53(88)63(93)80-72(34-19-20-35-72)71(101)86(14)61(49-22-17-18-23-49)70(100)85(13)56(66(96)81(8)9)41-59(91)84(12)55(38-43(3)4)62(92)79-60/h25-29,31,39,43,45-46,49,52-57,60-61H,15-24,30,32-38,40-42H2,1-14H3,(H,78,90)(H,79,92)(H,80,93)/t45-,46-,52-,53-,54-,55-,56-,57-,60-,61-/m0/s1. The van der Waals surface area contributed by atoms with Gasteiger partial charge in [0.2, 0.25) is 70.9 Å². The van der Waals surface area contributed by atoms with Crippen LogP contribution in [0.3, 0.4) is 0 Å². The SMILES string of the molecule is CC[C@H](C)[C@@H]1NC(=O)[C@H](CC(C)C)N(C)C(=O)C[C@@H](C(=O)N(C)C)N(C)C(=O)[C@H](C2CCCC2)N(C)C(=O)C2(CCCC2)NC(=O)[C@@H]2CCCN2C(=O)[C@H](CCc2ccc(C(F)(F)F)c(Cl)c2)NC(=O)CN(C)C(=O)[C@H](Cc2ccc(C)cc2)N(CC)C(=O)[C@@H]2CCN2C(=O)[C@H](C)N(C)C1=O. The van der Waals surface area contributed by atoms with E-state index in [0.717, 1.165) is 35.4 Å². The summed E-state index contributed by atoms with van der Waals surface area (Å²) in [4.78, 5) is 191. The molecule has 10 atom stereocenters. The fourth-order valence-electron chi connectivity index (χ4n) is 15.0. The van der Waals surface area contributed by atoms with Gasteiger partial charge in [-0.2, -0.15) is 13.2 Å². The Labute approximate surface area is 597 Å². The van der Waals surface area contributed by atoms with Crippen molar-refractivity contribution in [3.8, 4) is 0 Å². The highest BCUT2D eigenvalue weighted by molar-refractivity contribution is 6.31. The van der Waals surface area contributed by atoms with Gasteiger partial charge in [0.1, 0.15) is 59.9 Å². The van der Waals surface area contributed by atoms with Gasteiger partial charge in [0, 0.05) is 75.4 Å². The van der Waals surface area contributed by atoms with E-state index in [4.69, 9.17) is 11.6 Å². The monoisotopic (exact) mass is 1430 g/mol. The highest BCUT2D eigenvalue weighted by atomic mass is 35.5. The molecule has 3 N–H and O–H groups in total. The van der Waals surface area contributed by atoms with Gasteiger partial charge in [0.15, 0.2) is 0 Å². The lowest BCUT2D eigenvalue weighted by Gasteiger charge is -2.45. The number of rotatable bonds is 12. The first kappa shape index (κ1) is 80.5. The molecule has 1 spiro atoms. The van der Waals surface area contributed by atoms with Gasteiger partial charge in [-0.25, -0.2) is 0 Å². The van der Waals surface area contributed by atoms with E-state index in [9.17, 15) is 41.9 Å². The highest BCUT2D eigenvalue weighted by Gasteiger charge is 2.52. The van der Waals surface area contributed by atoms with Crippen LogP contribution < -0.4 is 16.0 Å². The molecule has 24 nitrogen and oxygen atoms in total. The summed E-state index contributed by atoms with van der Waals surface area (Å²) in [5.41, 5.74) is -0.791. The van der Waals surface area contributed by atoms with Crippen LogP contribution in [0.2, 0.25) is 5.02 Å². The Morgan fingerprint density at radius 1 is 0.683 bits per heavy atom. The van der Waals surface area contributed by atoms with Crippen molar-refractivity contribution in [2.45, 2.75) is 224 Å². The number of benzene rings is 2. The first-order valence-electron chi connectivity index (χ1n) is 35.7. The summed E-state index contributed by atoms with van der Waals surface area (Å²) < 4.78 is 41.7. The Morgan fingerprint density at radius 2 is 1.31 bits per heavy atom. The van der Waals surface area contributed by atoms with Gasteiger partial charge in [0.25, 0.3) is 0 Å². The number of likely N-dealkylation sites (N-methyl/N-ethyl adjacent to an activating group) is 7. The topological polar surface area (TPSA) is 270 Å². The predicted octanol–water partition coefficient (Wildman–Crippen LogP) is 5.61. The summed E-state index contributed by atoms with van der Waals surface area (Å²) in [6.45, 7) is 11.8. The maximum absolute atomic E-state index is 15.6. The van der Waals surface area contributed by atoms with Gasteiger partial charge < -0.3 is 60.0 Å².